The normalized spacial score (nSPS) is 33.5. The molecule has 1 aromatic carbocycles. The van der Waals surface area contributed by atoms with Crippen molar-refractivity contribution in [2.24, 2.45) is 0 Å². The molecule has 0 aromatic heterocycles. The van der Waals surface area contributed by atoms with Gasteiger partial charge in [0.15, 0.2) is 0 Å². The first-order valence-electron chi connectivity index (χ1n) is 5.26. The van der Waals surface area contributed by atoms with E-state index in [9.17, 15) is 0 Å². The van der Waals surface area contributed by atoms with Gasteiger partial charge in [0, 0.05) is 11.8 Å². The van der Waals surface area contributed by atoms with Crippen molar-refractivity contribution in [3.8, 4) is 0 Å². The van der Waals surface area contributed by atoms with Crippen LogP contribution < -0.4 is 0 Å². The van der Waals surface area contributed by atoms with Crippen molar-refractivity contribution in [1.29, 1.82) is 0 Å². The largest absolute Gasteiger partial charge is 0.125 e. The van der Waals surface area contributed by atoms with Crippen LogP contribution in [0.3, 0.4) is 0 Å². The molecular formula is C12H10Cl4. The Morgan fingerprint density at radius 1 is 0.875 bits per heavy atom. The molecule has 0 aliphatic heterocycles. The number of benzene rings is 1. The third-order valence-corrected chi connectivity index (χ3v) is 5.04. The molecule has 0 amide bonds. The second kappa shape index (κ2) is 3.45. The molecule has 2 aliphatic carbocycles. The fourth-order valence-corrected chi connectivity index (χ4v) is 3.26. The monoisotopic (exact) mass is 294 g/mol. The van der Waals surface area contributed by atoms with E-state index in [-0.39, 0.29) is 11.8 Å². The van der Waals surface area contributed by atoms with E-state index in [0.717, 1.165) is 12.8 Å². The minimum absolute atomic E-state index is 0.259. The van der Waals surface area contributed by atoms with Crippen LogP contribution in [0.15, 0.2) is 24.3 Å². The zero-order chi connectivity index (χ0) is 11.6. The fraction of sp³-hybridized carbons (Fsp3) is 0.500. The van der Waals surface area contributed by atoms with Crippen molar-refractivity contribution in [1.82, 2.24) is 0 Å². The Balaban J connectivity index is 1.85. The molecule has 0 saturated heterocycles. The van der Waals surface area contributed by atoms with E-state index in [1.165, 1.54) is 11.1 Å². The molecule has 3 rings (SSSR count). The number of hydrogen-bond acceptors (Lipinski definition) is 0. The van der Waals surface area contributed by atoms with Crippen LogP contribution in [-0.4, -0.2) is 8.67 Å². The van der Waals surface area contributed by atoms with Crippen molar-refractivity contribution < 1.29 is 0 Å². The van der Waals surface area contributed by atoms with Gasteiger partial charge < -0.3 is 0 Å². The number of hydrogen-bond donors (Lipinski definition) is 0. The number of alkyl halides is 4. The lowest BCUT2D eigenvalue weighted by molar-refractivity contribution is 1.05. The molecule has 1 aromatic rings. The van der Waals surface area contributed by atoms with Gasteiger partial charge in [0.05, 0.1) is 0 Å². The zero-order valence-electron chi connectivity index (χ0n) is 8.39. The zero-order valence-corrected chi connectivity index (χ0v) is 11.4. The molecular weight excluding hydrogens is 286 g/mol. The minimum Gasteiger partial charge on any atom is -0.101 e. The summed E-state index contributed by atoms with van der Waals surface area (Å²) in [4.78, 5) is 0. The summed E-state index contributed by atoms with van der Waals surface area (Å²) in [5.74, 6) is 0.518. The molecule has 0 radical (unpaired) electrons. The fourth-order valence-electron chi connectivity index (χ4n) is 2.14. The summed E-state index contributed by atoms with van der Waals surface area (Å²) in [7, 11) is 0. The van der Waals surface area contributed by atoms with Crippen LogP contribution in [0, 0.1) is 0 Å². The Morgan fingerprint density at radius 3 is 1.56 bits per heavy atom. The van der Waals surface area contributed by atoms with E-state index in [4.69, 9.17) is 46.4 Å². The lowest BCUT2D eigenvalue weighted by Crippen LogP contribution is -1.93. The summed E-state index contributed by atoms with van der Waals surface area (Å²) < 4.78 is -1.14. The first kappa shape index (κ1) is 11.5. The van der Waals surface area contributed by atoms with Gasteiger partial charge in [-0.25, -0.2) is 0 Å². The molecule has 2 aliphatic rings. The van der Waals surface area contributed by atoms with Crippen LogP contribution in [0.2, 0.25) is 0 Å². The molecule has 2 atom stereocenters. The first-order chi connectivity index (χ1) is 7.40. The third kappa shape index (κ3) is 1.95. The van der Waals surface area contributed by atoms with E-state index in [1.807, 2.05) is 6.07 Å². The van der Waals surface area contributed by atoms with Crippen LogP contribution in [0.4, 0.5) is 0 Å². The predicted molar refractivity (Wildman–Crippen MR) is 70.0 cm³/mol. The molecule has 2 saturated carbocycles. The molecule has 2 unspecified atom stereocenters. The number of halogens is 4. The lowest BCUT2D eigenvalue weighted by Gasteiger charge is -2.05. The van der Waals surface area contributed by atoms with Crippen molar-refractivity contribution in [2.45, 2.75) is 33.3 Å². The molecule has 16 heavy (non-hydrogen) atoms. The average Bonchev–Trinajstić information content (AvgIpc) is 3.03. The maximum atomic E-state index is 6.06. The highest BCUT2D eigenvalue weighted by molar-refractivity contribution is 6.52. The standard InChI is InChI=1S/C12H10Cl4/c13-11(14)5-9(11)7-2-1-3-8(4-7)10-6-12(10,15)16/h1-4,9-10H,5-6H2. The van der Waals surface area contributed by atoms with Crippen LogP contribution >= 0.6 is 46.4 Å². The van der Waals surface area contributed by atoms with Gasteiger partial charge in [-0.1, -0.05) is 24.3 Å². The summed E-state index contributed by atoms with van der Waals surface area (Å²) in [5.41, 5.74) is 2.39. The van der Waals surface area contributed by atoms with Gasteiger partial charge in [-0.2, -0.15) is 0 Å². The highest BCUT2D eigenvalue weighted by Gasteiger charge is 2.54. The Hall–Kier alpha value is 0.380. The number of rotatable bonds is 2. The van der Waals surface area contributed by atoms with Gasteiger partial charge in [-0.15, -0.1) is 46.4 Å². The van der Waals surface area contributed by atoms with Crippen LogP contribution in [0.25, 0.3) is 0 Å². The maximum Gasteiger partial charge on any atom is 0.125 e. The molecule has 0 N–H and O–H groups in total. The van der Waals surface area contributed by atoms with Gasteiger partial charge in [0.2, 0.25) is 0 Å². The topological polar surface area (TPSA) is 0 Å². The Bertz CT molecular complexity index is 401. The van der Waals surface area contributed by atoms with E-state index < -0.39 is 8.67 Å². The van der Waals surface area contributed by atoms with E-state index >= 15 is 0 Å². The van der Waals surface area contributed by atoms with Crippen molar-refractivity contribution >= 4 is 46.4 Å². The Kier molecular flexibility index (Phi) is 2.47. The molecule has 2 fully saturated rings. The summed E-state index contributed by atoms with van der Waals surface area (Å²) in [6, 6.07) is 8.28. The van der Waals surface area contributed by atoms with Crippen molar-refractivity contribution in [3.05, 3.63) is 35.4 Å². The van der Waals surface area contributed by atoms with E-state index in [0.29, 0.717) is 0 Å². The first-order valence-corrected chi connectivity index (χ1v) is 6.77. The Labute approximate surface area is 115 Å². The van der Waals surface area contributed by atoms with Gasteiger partial charge in [0.25, 0.3) is 0 Å². The maximum absolute atomic E-state index is 6.06. The SMILES string of the molecule is ClC1(Cl)CC1c1cccc(C2CC2(Cl)Cl)c1. The molecule has 0 nitrogen and oxygen atoms in total. The summed E-state index contributed by atoms with van der Waals surface area (Å²) in [6.07, 6.45) is 1.66. The highest BCUT2D eigenvalue weighted by Crippen LogP contribution is 2.62. The summed E-state index contributed by atoms with van der Waals surface area (Å²) in [6.45, 7) is 0. The predicted octanol–water partition coefficient (Wildman–Crippen LogP) is 5.01. The third-order valence-electron chi connectivity index (χ3n) is 3.37. The van der Waals surface area contributed by atoms with E-state index in [1.54, 1.807) is 0 Å². The van der Waals surface area contributed by atoms with Gasteiger partial charge in [0.1, 0.15) is 8.67 Å². The smallest absolute Gasteiger partial charge is 0.101 e. The highest BCUT2D eigenvalue weighted by atomic mass is 35.5. The lowest BCUT2D eigenvalue weighted by atomic mass is 10.0. The van der Waals surface area contributed by atoms with Gasteiger partial charge >= 0.3 is 0 Å². The molecule has 86 valence electrons. The van der Waals surface area contributed by atoms with Crippen LogP contribution in [0.1, 0.15) is 35.8 Å². The van der Waals surface area contributed by atoms with Crippen LogP contribution in [-0.2, 0) is 0 Å². The summed E-state index contributed by atoms with van der Waals surface area (Å²) in [5, 5.41) is 0. The average molecular weight is 296 g/mol. The molecule has 0 bridgehead atoms. The minimum atomic E-state index is -0.568. The quantitative estimate of drug-likeness (QED) is 0.673. The molecule has 0 heterocycles. The van der Waals surface area contributed by atoms with Gasteiger partial charge in [-0.3, -0.25) is 0 Å². The van der Waals surface area contributed by atoms with Gasteiger partial charge in [-0.05, 0) is 24.0 Å². The summed E-state index contributed by atoms with van der Waals surface area (Å²) >= 11 is 24.2. The van der Waals surface area contributed by atoms with E-state index in [2.05, 4.69) is 18.2 Å². The van der Waals surface area contributed by atoms with Crippen molar-refractivity contribution in [3.63, 3.8) is 0 Å². The van der Waals surface area contributed by atoms with Crippen molar-refractivity contribution in [2.75, 3.05) is 0 Å². The Morgan fingerprint density at radius 2 is 1.25 bits per heavy atom. The molecule has 4 heteroatoms. The molecule has 0 spiro atoms. The van der Waals surface area contributed by atoms with Crippen LogP contribution in [0.5, 0.6) is 0 Å². The second-order valence-corrected chi connectivity index (χ2v) is 7.79. The second-order valence-electron chi connectivity index (χ2n) is 4.71.